The molecule has 36 heavy (non-hydrogen) atoms. The van der Waals surface area contributed by atoms with Crippen LogP contribution in [0.4, 0.5) is 10.6 Å². The van der Waals surface area contributed by atoms with Crippen LogP contribution < -0.4 is 11.1 Å². The van der Waals surface area contributed by atoms with Crippen LogP contribution in [0.2, 0.25) is 0 Å². The zero-order chi connectivity index (χ0) is 26.6. The Bertz CT molecular complexity index is 1060. The second-order valence-electron chi connectivity index (χ2n) is 10.7. The van der Waals surface area contributed by atoms with Crippen molar-refractivity contribution >= 4 is 23.7 Å². The van der Waals surface area contributed by atoms with Crippen molar-refractivity contribution in [1.29, 1.82) is 0 Å². The summed E-state index contributed by atoms with van der Waals surface area (Å²) in [5.41, 5.74) is 5.46. The summed E-state index contributed by atoms with van der Waals surface area (Å²) in [6.07, 6.45) is 2.21. The van der Waals surface area contributed by atoms with Gasteiger partial charge < -0.3 is 30.4 Å². The Hall–Kier alpha value is -3.63. The van der Waals surface area contributed by atoms with Crippen molar-refractivity contribution in [2.45, 2.75) is 59.0 Å². The molecule has 0 bridgehead atoms. The van der Waals surface area contributed by atoms with Crippen LogP contribution in [0.3, 0.4) is 0 Å². The van der Waals surface area contributed by atoms with Gasteiger partial charge in [0.25, 0.3) is 5.91 Å². The number of nitrogens with one attached hydrogen (secondary N) is 1. The number of nitrogens with zero attached hydrogens (tertiary/aromatic N) is 4. The third-order valence-electron chi connectivity index (χ3n) is 6.07. The quantitative estimate of drug-likeness (QED) is 0.500. The molecular weight excluding hydrogens is 464 g/mol. The zero-order valence-electron chi connectivity index (χ0n) is 21.5. The molecule has 0 radical (unpaired) electrons. The summed E-state index contributed by atoms with van der Waals surface area (Å²) in [6, 6.07) is 3.07. The molecule has 3 heterocycles. The molecule has 2 aromatic rings. The van der Waals surface area contributed by atoms with E-state index >= 15 is 0 Å². The molecule has 0 saturated carbocycles. The van der Waals surface area contributed by atoms with Crippen LogP contribution in [-0.2, 0) is 16.8 Å². The van der Waals surface area contributed by atoms with Gasteiger partial charge in [0.2, 0.25) is 5.91 Å². The van der Waals surface area contributed by atoms with E-state index in [1.807, 2.05) is 40.7 Å². The molecule has 3 amide bonds. The van der Waals surface area contributed by atoms with Gasteiger partial charge in [0.15, 0.2) is 0 Å². The van der Waals surface area contributed by atoms with Crippen LogP contribution >= 0.6 is 0 Å². The molecule has 0 aromatic carbocycles. The highest BCUT2D eigenvalue weighted by Gasteiger charge is 2.38. The molecule has 2 aromatic heterocycles. The van der Waals surface area contributed by atoms with Crippen molar-refractivity contribution in [2.24, 2.45) is 17.6 Å². The number of likely N-dealkylation sites (tertiary alicyclic amines) is 1. The average Bonchev–Trinajstić information content (AvgIpc) is 3.33. The highest BCUT2D eigenvalue weighted by atomic mass is 16.4. The van der Waals surface area contributed by atoms with E-state index in [2.05, 4.69) is 15.3 Å². The van der Waals surface area contributed by atoms with Crippen LogP contribution in [0.25, 0.3) is 0 Å². The summed E-state index contributed by atoms with van der Waals surface area (Å²) in [7, 11) is 0. The van der Waals surface area contributed by atoms with Crippen LogP contribution in [0, 0.1) is 11.8 Å². The number of rotatable bonds is 8. The molecule has 3 rings (SSSR count). The van der Waals surface area contributed by atoms with Crippen molar-refractivity contribution < 1.29 is 23.9 Å². The summed E-state index contributed by atoms with van der Waals surface area (Å²) in [5.74, 6) is 0.0985. The summed E-state index contributed by atoms with van der Waals surface area (Å²) < 4.78 is 5.41. The second-order valence-corrected chi connectivity index (χ2v) is 10.7. The fourth-order valence-corrected chi connectivity index (χ4v) is 4.22. The standard InChI is InChI=1S/C25H36N6O5/c1-15(2)12-31(17-9-16(20(26)32)13-30(14-17)24(34)35)22(33)19-11-28-23(25(3,4)5)29-21(19)27-10-18-7-6-8-36-18/h6-8,11,15-17H,9-10,12-14H2,1-5H3,(H2,26,32)(H,34,35)(H,27,28,29). The van der Waals surface area contributed by atoms with Crippen molar-refractivity contribution in [2.75, 3.05) is 25.0 Å². The van der Waals surface area contributed by atoms with Crippen LogP contribution in [0.1, 0.15) is 63.0 Å². The third-order valence-corrected chi connectivity index (χ3v) is 6.07. The summed E-state index contributed by atoms with van der Waals surface area (Å²) >= 11 is 0. The summed E-state index contributed by atoms with van der Waals surface area (Å²) in [6.45, 7) is 10.7. The van der Waals surface area contributed by atoms with E-state index in [1.165, 1.54) is 6.20 Å². The van der Waals surface area contributed by atoms with Crippen LogP contribution in [-0.4, -0.2) is 68.5 Å². The molecule has 4 N–H and O–H groups in total. The SMILES string of the molecule is CC(C)CN(C(=O)c1cnc(C(C)(C)C)nc1NCc1ccco1)C1CC(C(N)=O)CN(C(=O)O)C1. The van der Waals surface area contributed by atoms with E-state index in [0.29, 0.717) is 30.5 Å². The van der Waals surface area contributed by atoms with Crippen molar-refractivity contribution in [1.82, 2.24) is 19.8 Å². The van der Waals surface area contributed by atoms with Gasteiger partial charge in [0.1, 0.15) is 23.0 Å². The Morgan fingerprint density at radius 2 is 2.03 bits per heavy atom. The van der Waals surface area contributed by atoms with E-state index in [4.69, 9.17) is 10.2 Å². The number of carbonyl (C=O) groups excluding carboxylic acids is 2. The van der Waals surface area contributed by atoms with E-state index in [9.17, 15) is 19.5 Å². The molecule has 0 spiro atoms. The predicted octanol–water partition coefficient (Wildman–Crippen LogP) is 2.93. The van der Waals surface area contributed by atoms with Gasteiger partial charge >= 0.3 is 6.09 Å². The van der Waals surface area contributed by atoms with Crippen molar-refractivity contribution in [3.63, 3.8) is 0 Å². The predicted molar refractivity (Wildman–Crippen MR) is 133 cm³/mol. The topological polar surface area (TPSA) is 155 Å². The zero-order valence-corrected chi connectivity index (χ0v) is 21.5. The highest BCUT2D eigenvalue weighted by Crippen LogP contribution is 2.27. The minimum absolute atomic E-state index is 0.0181. The molecule has 1 fully saturated rings. The van der Waals surface area contributed by atoms with Gasteiger partial charge in [-0.1, -0.05) is 34.6 Å². The van der Waals surface area contributed by atoms with E-state index in [0.717, 1.165) is 4.90 Å². The van der Waals surface area contributed by atoms with Crippen LogP contribution in [0.5, 0.6) is 0 Å². The lowest BCUT2D eigenvalue weighted by atomic mass is 9.92. The van der Waals surface area contributed by atoms with Crippen molar-refractivity contribution in [3.8, 4) is 0 Å². The van der Waals surface area contributed by atoms with Gasteiger partial charge in [-0.2, -0.15) is 0 Å². The van der Waals surface area contributed by atoms with Gasteiger partial charge in [-0.25, -0.2) is 14.8 Å². The molecular formula is C25H36N6O5. The first-order valence-corrected chi connectivity index (χ1v) is 12.1. The maximum absolute atomic E-state index is 14.0. The molecule has 1 aliphatic rings. The number of nitrogens with two attached hydrogens (primary N) is 1. The maximum Gasteiger partial charge on any atom is 0.407 e. The van der Waals surface area contributed by atoms with Gasteiger partial charge in [0, 0.05) is 31.2 Å². The first kappa shape index (κ1) is 27.0. The van der Waals surface area contributed by atoms with Crippen LogP contribution in [0.15, 0.2) is 29.0 Å². The Morgan fingerprint density at radius 3 is 2.58 bits per heavy atom. The van der Waals surface area contributed by atoms with Gasteiger partial charge in [-0.15, -0.1) is 0 Å². The Labute approximate surface area is 211 Å². The number of hydrogen-bond acceptors (Lipinski definition) is 7. The minimum Gasteiger partial charge on any atom is -0.467 e. The fraction of sp³-hybridized carbons (Fsp3) is 0.560. The monoisotopic (exact) mass is 500 g/mol. The molecule has 1 saturated heterocycles. The Balaban J connectivity index is 1.99. The lowest BCUT2D eigenvalue weighted by Gasteiger charge is -2.41. The number of furan rings is 1. The first-order chi connectivity index (χ1) is 16.9. The van der Waals surface area contributed by atoms with Gasteiger partial charge in [-0.3, -0.25) is 9.59 Å². The third kappa shape index (κ3) is 6.52. The Morgan fingerprint density at radius 1 is 1.31 bits per heavy atom. The number of hydrogen-bond donors (Lipinski definition) is 3. The number of aromatic nitrogens is 2. The van der Waals surface area contributed by atoms with Gasteiger partial charge in [0.05, 0.1) is 24.8 Å². The summed E-state index contributed by atoms with van der Waals surface area (Å²) in [5, 5.41) is 12.8. The van der Waals surface area contributed by atoms with E-state index in [1.54, 1.807) is 17.2 Å². The van der Waals surface area contributed by atoms with Gasteiger partial charge in [-0.05, 0) is 24.5 Å². The minimum atomic E-state index is -1.15. The second kappa shape index (κ2) is 11.0. The summed E-state index contributed by atoms with van der Waals surface area (Å²) in [4.78, 5) is 49.7. The largest absolute Gasteiger partial charge is 0.467 e. The molecule has 2 atom stereocenters. The normalized spacial score (nSPS) is 18.2. The Kier molecular flexibility index (Phi) is 8.21. The molecule has 11 heteroatoms. The molecule has 11 nitrogen and oxygen atoms in total. The highest BCUT2D eigenvalue weighted by molar-refractivity contribution is 5.98. The average molecular weight is 501 g/mol. The lowest BCUT2D eigenvalue weighted by Crippen LogP contribution is -2.56. The van der Waals surface area contributed by atoms with E-state index in [-0.39, 0.29) is 42.3 Å². The molecule has 2 unspecified atom stereocenters. The lowest BCUT2D eigenvalue weighted by molar-refractivity contribution is -0.124. The number of amides is 3. The smallest absolute Gasteiger partial charge is 0.407 e. The van der Waals surface area contributed by atoms with Crippen molar-refractivity contribution in [3.05, 3.63) is 41.7 Å². The number of carbonyl (C=O) groups is 3. The first-order valence-electron chi connectivity index (χ1n) is 12.1. The molecule has 1 aliphatic heterocycles. The van der Waals surface area contributed by atoms with E-state index < -0.39 is 24.0 Å². The molecule has 196 valence electrons. The number of primary amides is 1. The fourth-order valence-electron chi connectivity index (χ4n) is 4.22. The number of carboxylic acid groups (broad SMARTS) is 1. The number of piperidine rings is 1. The maximum atomic E-state index is 14.0. The number of anilines is 1. The molecule has 0 aliphatic carbocycles.